The van der Waals surface area contributed by atoms with E-state index >= 15 is 0 Å². The lowest BCUT2D eigenvalue weighted by molar-refractivity contribution is 0.0954. The Morgan fingerprint density at radius 2 is 2.19 bits per heavy atom. The Balaban J connectivity index is 1.64. The van der Waals surface area contributed by atoms with Gasteiger partial charge in [0, 0.05) is 30.1 Å². The minimum absolute atomic E-state index is 0.0741. The number of benzene rings is 1. The van der Waals surface area contributed by atoms with Crippen LogP contribution in [-0.2, 0) is 21.2 Å². The van der Waals surface area contributed by atoms with Gasteiger partial charge in [-0.25, -0.2) is 13.1 Å². The zero-order chi connectivity index (χ0) is 19.3. The number of hydrogen-bond donors (Lipinski definition) is 2. The van der Waals surface area contributed by atoms with E-state index in [2.05, 4.69) is 10.0 Å². The first-order valence-corrected chi connectivity index (χ1v) is 11.4. The van der Waals surface area contributed by atoms with Crippen molar-refractivity contribution in [2.24, 2.45) is 0 Å². The number of sulfonamides is 1. The summed E-state index contributed by atoms with van der Waals surface area (Å²) in [5, 5.41) is 4.86. The van der Waals surface area contributed by atoms with Crippen molar-refractivity contribution in [1.29, 1.82) is 0 Å². The van der Waals surface area contributed by atoms with E-state index in [1.165, 1.54) is 23.1 Å². The first-order chi connectivity index (χ1) is 13.0. The van der Waals surface area contributed by atoms with Gasteiger partial charge in [0.1, 0.15) is 4.90 Å². The molecule has 1 aliphatic heterocycles. The van der Waals surface area contributed by atoms with E-state index < -0.39 is 10.0 Å². The van der Waals surface area contributed by atoms with Crippen molar-refractivity contribution in [3.05, 3.63) is 51.2 Å². The van der Waals surface area contributed by atoms with Crippen LogP contribution in [0.3, 0.4) is 0 Å². The third-order valence-corrected chi connectivity index (χ3v) is 7.09. The molecule has 1 aromatic heterocycles. The highest BCUT2D eigenvalue weighted by atomic mass is 35.5. The molecule has 1 unspecified atom stereocenters. The van der Waals surface area contributed by atoms with Crippen LogP contribution in [0.15, 0.2) is 40.6 Å². The molecule has 2 aromatic rings. The Morgan fingerprint density at radius 3 is 2.89 bits per heavy atom. The highest BCUT2D eigenvalue weighted by Gasteiger charge is 2.23. The highest BCUT2D eigenvalue weighted by Crippen LogP contribution is 2.23. The number of ether oxygens (including phenoxy) is 1. The molecule has 1 fully saturated rings. The summed E-state index contributed by atoms with van der Waals surface area (Å²) in [6.45, 7) is 1.31. The molecule has 1 amide bonds. The van der Waals surface area contributed by atoms with Crippen molar-refractivity contribution in [2.45, 2.75) is 30.3 Å². The lowest BCUT2D eigenvalue weighted by Gasteiger charge is -2.13. The van der Waals surface area contributed by atoms with Crippen molar-refractivity contribution >= 4 is 38.9 Å². The summed E-state index contributed by atoms with van der Waals surface area (Å²) in [6.07, 6.45) is 2.35. The smallest absolute Gasteiger partial charge is 0.251 e. The molecule has 6 nitrogen and oxygen atoms in total. The van der Waals surface area contributed by atoms with Crippen LogP contribution in [0.5, 0.6) is 0 Å². The first-order valence-electron chi connectivity index (χ1n) is 8.67. The third kappa shape index (κ3) is 5.52. The Bertz CT molecular complexity index is 879. The number of nitrogens with one attached hydrogen (secondary N) is 2. The predicted molar refractivity (Wildman–Crippen MR) is 106 cm³/mol. The molecule has 2 heterocycles. The normalized spacial score (nSPS) is 17.1. The van der Waals surface area contributed by atoms with Crippen molar-refractivity contribution in [3.63, 3.8) is 0 Å². The molecule has 3 rings (SSSR count). The number of carbonyl (C=O) groups excluding carboxylic acids is 1. The van der Waals surface area contributed by atoms with Gasteiger partial charge in [-0.1, -0.05) is 17.7 Å². The second-order valence-electron chi connectivity index (χ2n) is 6.22. The number of halogens is 1. The van der Waals surface area contributed by atoms with Gasteiger partial charge in [0.05, 0.1) is 11.1 Å². The van der Waals surface area contributed by atoms with Gasteiger partial charge in [-0.2, -0.15) is 0 Å². The van der Waals surface area contributed by atoms with Crippen LogP contribution in [0.1, 0.15) is 28.1 Å². The van der Waals surface area contributed by atoms with Crippen LogP contribution in [-0.4, -0.2) is 40.1 Å². The summed E-state index contributed by atoms with van der Waals surface area (Å²) in [4.78, 5) is 13.4. The summed E-state index contributed by atoms with van der Waals surface area (Å²) in [5.41, 5.74) is 0.253. The molecule has 1 aromatic carbocycles. The molecule has 1 aliphatic rings. The SMILES string of the molecule is O=C(NCCc1cccs1)c1ccc(Cl)c(S(=O)(=O)NCC2CCCO2)c1. The van der Waals surface area contributed by atoms with Crippen LogP contribution < -0.4 is 10.0 Å². The fourth-order valence-electron chi connectivity index (χ4n) is 2.79. The topological polar surface area (TPSA) is 84.5 Å². The van der Waals surface area contributed by atoms with Crippen molar-refractivity contribution in [2.75, 3.05) is 19.7 Å². The molecule has 9 heteroatoms. The zero-order valence-corrected chi connectivity index (χ0v) is 17.0. The highest BCUT2D eigenvalue weighted by molar-refractivity contribution is 7.89. The molecular weight excluding hydrogens is 408 g/mol. The van der Waals surface area contributed by atoms with Crippen LogP contribution >= 0.6 is 22.9 Å². The number of rotatable bonds is 8. The maximum atomic E-state index is 12.6. The molecular formula is C18H21ClN2O4S2. The van der Waals surface area contributed by atoms with E-state index in [0.29, 0.717) is 13.2 Å². The number of thiophene rings is 1. The van der Waals surface area contributed by atoms with Crippen molar-refractivity contribution in [3.8, 4) is 0 Å². The first kappa shape index (κ1) is 20.3. The molecule has 0 radical (unpaired) electrons. The molecule has 1 atom stereocenters. The van der Waals surface area contributed by atoms with Gasteiger partial charge in [0.25, 0.3) is 5.91 Å². The van der Waals surface area contributed by atoms with E-state index in [4.69, 9.17) is 16.3 Å². The average molecular weight is 429 g/mol. The van der Waals surface area contributed by atoms with Crippen LogP contribution in [0.4, 0.5) is 0 Å². The maximum Gasteiger partial charge on any atom is 0.251 e. The van der Waals surface area contributed by atoms with E-state index in [-0.39, 0.29) is 34.0 Å². The summed E-state index contributed by atoms with van der Waals surface area (Å²) in [7, 11) is -3.83. The third-order valence-electron chi connectivity index (χ3n) is 4.24. The van der Waals surface area contributed by atoms with E-state index in [0.717, 1.165) is 19.3 Å². The molecule has 2 N–H and O–H groups in total. The number of hydrogen-bond acceptors (Lipinski definition) is 5. The minimum atomic E-state index is -3.83. The summed E-state index contributed by atoms with van der Waals surface area (Å²) >= 11 is 7.70. The van der Waals surface area contributed by atoms with Gasteiger partial charge in [0.15, 0.2) is 0 Å². The largest absolute Gasteiger partial charge is 0.377 e. The van der Waals surface area contributed by atoms with Gasteiger partial charge in [0.2, 0.25) is 10.0 Å². The quantitative estimate of drug-likeness (QED) is 0.677. The van der Waals surface area contributed by atoms with Crippen LogP contribution in [0.25, 0.3) is 0 Å². The van der Waals surface area contributed by atoms with E-state index in [1.807, 2.05) is 17.5 Å². The van der Waals surface area contributed by atoms with Crippen molar-refractivity contribution < 1.29 is 17.9 Å². The molecule has 146 valence electrons. The standard InChI is InChI=1S/C18H21ClN2O4S2/c19-16-6-5-13(18(22)20-8-7-15-4-2-10-26-15)11-17(16)27(23,24)21-12-14-3-1-9-25-14/h2,4-6,10-11,14,21H,1,3,7-9,12H2,(H,20,22). The monoisotopic (exact) mass is 428 g/mol. The lowest BCUT2D eigenvalue weighted by atomic mass is 10.2. The van der Waals surface area contributed by atoms with E-state index in [1.54, 1.807) is 11.3 Å². The summed E-state index contributed by atoms with van der Waals surface area (Å²) in [5.74, 6) is -0.334. The maximum absolute atomic E-state index is 12.6. The molecule has 0 spiro atoms. The van der Waals surface area contributed by atoms with Gasteiger partial charge >= 0.3 is 0 Å². The lowest BCUT2D eigenvalue weighted by Crippen LogP contribution is -2.32. The average Bonchev–Trinajstić information content (AvgIpc) is 3.34. The molecule has 0 aliphatic carbocycles. The zero-order valence-electron chi connectivity index (χ0n) is 14.6. The Hall–Kier alpha value is -1.45. The number of carbonyl (C=O) groups is 1. The fourth-order valence-corrected chi connectivity index (χ4v) is 5.09. The Kier molecular flexibility index (Phi) is 6.88. The van der Waals surface area contributed by atoms with Crippen molar-refractivity contribution in [1.82, 2.24) is 10.0 Å². The minimum Gasteiger partial charge on any atom is -0.377 e. The number of amides is 1. The van der Waals surface area contributed by atoms with Gasteiger partial charge in [-0.3, -0.25) is 4.79 Å². The molecule has 1 saturated heterocycles. The summed E-state index contributed by atoms with van der Waals surface area (Å²) in [6, 6.07) is 8.21. The second kappa shape index (κ2) is 9.16. The van der Waals surface area contributed by atoms with Gasteiger partial charge < -0.3 is 10.1 Å². The van der Waals surface area contributed by atoms with Gasteiger partial charge in [-0.15, -0.1) is 11.3 Å². The van der Waals surface area contributed by atoms with Gasteiger partial charge in [-0.05, 0) is 48.9 Å². The molecule has 0 saturated carbocycles. The predicted octanol–water partition coefficient (Wildman–Crippen LogP) is 2.83. The van der Waals surface area contributed by atoms with E-state index in [9.17, 15) is 13.2 Å². The second-order valence-corrected chi connectivity index (χ2v) is 9.39. The van der Waals surface area contributed by atoms with Crippen LogP contribution in [0, 0.1) is 0 Å². The fraction of sp³-hybridized carbons (Fsp3) is 0.389. The molecule has 27 heavy (non-hydrogen) atoms. The molecule has 0 bridgehead atoms. The van der Waals surface area contributed by atoms with Crippen LogP contribution in [0.2, 0.25) is 5.02 Å². The Labute approximate surface area is 167 Å². The summed E-state index contributed by atoms with van der Waals surface area (Å²) < 4.78 is 33.1. The Morgan fingerprint density at radius 1 is 1.33 bits per heavy atom.